The number of hydrogen-bond acceptors (Lipinski definition) is 18. The first kappa shape index (κ1) is 44.5. The molecule has 4 unspecified atom stereocenters. The molecule has 0 amide bonds. The van der Waals surface area contributed by atoms with Crippen molar-refractivity contribution in [3.05, 3.63) is 0 Å². The van der Waals surface area contributed by atoms with Crippen LogP contribution in [0.5, 0.6) is 0 Å². The van der Waals surface area contributed by atoms with Gasteiger partial charge in [-0.3, -0.25) is 15.7 Å². The molecule has 0 aliphatic rings. The standard InChI is InChI=1S/C25H52N12O12/c1-31-23(37-43)7-9-45-15-17(47-11-4-20(28)34-40)25(49-13-6-22(30)36-42)24(48-12-5-21(29)35-41)16(46-10-3-19(27)33-39)14-44-8-2-18(26)32-38/h16-17,24-25,38-43H,2-15H2,1H3,(H2,26,32)(H2,27,33)(H2,28,34)(H2,29,35)(H2,30,36)(H,31,37). The quantitative estimate of drug-likeness (QED) is 0.0127. The average molecular weight is 713 g/mol. The molecule has 17 N–H and O–H groups in total. The first-order valence-electron chi connectivity index (χ1n) is 14.9. The van der Waals surface area contributed by atoms with Gasteiger partial charge in [0.15, 0.2) is 0 Å². The van der Waals surface area contributed by atoms with Crippen LogP contribution in [0.4, 0.5) is 0 Å². The van der Waals surface area contributed by atoms with Crippen molar-refractivity contribution in [2.24, 2.45) is 59.4 Å². The van der Waals surface area contributed by atoms with Gasteiger partial charge in [0.2, 0.25) is 0 Å². The predicted octanol–water partition coefficient (Wildman–Crippen LogP) is -2.36. The Hall–Kier alpha value is -4.46. The third kappa shape index (κ3) is 21.2. The molecule has 0 saturated carbocycles. The summed E-state index contributed by atoms with van der Waals surface area (Å²) in [5.74, 6) is -0.328. The molecule has 0 rings (SSSR count). The second kappa shape index (κ2) is 28.5. The molecule has 0 aromatic carbocycles. The highest BCUT2D eigenvalue weighted by atomic mass is 16.6. The Bertz CT molecular complexity index is 1060. The molecule has 0 saturated heterocycles. The summed E-state index contributed by atoms with van der Waals surface area (Å²) in [7, 11) is 1.48. The van der Waals surface area contributed by atoms with Gasteiger partial charge in [-0.05, 0) is 0 Å². The van der Waals surface area contributed by atoms with E-state index < -0.39 is 24.4 Å². The Kier molecular flexibility index (Phi) is 25.9. The van der Waals surface area contributed by atoms with Crippen LogP contribution in [0.3, 0.4) is 0 Å². The molecule has 0 heterocycles. The van der Waals surface area contributed by atoms with E-state index in [2.05, 4.69) is 30.8 Å². The lowest BCUT2D eigenvalue weighted by Gasteiger charge is -2.37. The Balaban J connectivity index is 6.73. The maximum atomic E-state index is 9.21. The van der Waals surface area contributed by atoms with Crippen molar-refractivity contribution in [2.45, 2.75) is 62.9 Å². The van der Waals surface area contributed by atoms with Crippen molar-refractivity contribution >= 4 is 35.0 Å². The van der Waals surface area contributed by atoms with E-state index in [-0.39, 0.29) is 126 Å². The Morgan fingerprint density at radius 2 is 0.816 bits per heavy atom. The lowest BCUT2D eigenvalue weighted by atomic mass is 10.0. The van der Waals surface area contributed by atoms with Gasteiger partial charge in [0, 0.05) is 45.6 Å². The van der Waals surface area contributed by atoms with E-state index in [9.17, 15) is 5.21 Å². The molecule has 0 aliphatic heterocycles. The van der Waals surface area contributed by atoms with Gasteiger partial charge in [-0.2, -0.15) is 0 Å². The second-order valence-electron chi connectivity index (χ2n) is 9.88. The minimum atomic E-state index is -1.10. The molecule has 49 heavy (non-hydrogen) atoms. The van der Waals surface area contributed by atoms with E-state index in [1.54, 1.807) is 0 Å². The SMILES string of the molecule is CN=C(CCOCC(OCC/C(N)=N/O)C(OCC/C(N)=N/O)C(OCC/C(N)=N/O)C(COCC/C(N)=N/O)OCC/C(N)=N/O)NO. The van der Waals surface area contributed by atoms with Crippen LogP contribution >= 0.6 is 0 Å². The maximum absolute atomic E-state index is 9.21. The van der Waals surface area contributed by atoms with Crippen molar-refractivity contribution in [2.75, 3.05) is 59.9 Å². The number of oxime groups is 5. The van der Waals surface area contributed by atoms with Gasteiger partial charge in [-0.25, -0.2) is 0 Å². The number of nitrogens with one attached hydrogen (secondary N) is 1. The van der Waals surface area contributed by atoms with Crippen LogP contribution in [0.1, 0.15) is 38.5 Å². The number of rotatable bonds is 29. The van der Waals surface area contributed by atoms with Crippen LogP contribution in [-0.4, -0.2) is 151 Å². The van der Waals surface area contributed by atoms with E-state index in [1.807, 2.05) is 5.48 Å². The lowest BCUT2D eigenvalue weighted by Crippen LogP contribution is -2.53. The highest BCUT2D eigenvalue weighted by Gasteiger charge is 2.39. The Morgan fingerprint density at radius 3 is 1.12 bits per heavy atom. The molecular formula is C25H52N12O12. The van der Waals surface area contributed by atoms with Crippen LogP contribution in [0, 0.1) is 0 Å². The third-order valence-electron chi connectivity index (χ3n) is 6.37. The second-order valence-corrected chi connectivity index (χ2v) is 9.88. The van der Waals surface area contributed by atoms with Gasteiger partial charge in [0.1, 0.15) is 59.4 Å². The fourth-order valence-electron chi connectivity index (χ4n) is 3.74. The van der Waals surface area contributed by atoms with Gasteiger partial charge >= 0.3 is 0 Å². The number of ether oxygens (including phenoxy) is 6. The normalized spacial score (nSPS) is 16.4. The van der Waals surface area contributed by atoms with Crippen LogP contribution in [0.2, 0.25) is 0 Å². The van der Waals surface area contributed by atoms with Crippen LogP contribution in [0.15, 0.2) is 30.8 Å². The van der Waals surface area contributed by atoms with Gasteiger partial charge in [0.05, 0.1) is 52.9 Å². The fourth-order valence-corrected chi connectivity index (χ4v) is 3.74. The van der Waals surface area contributed by atoms with Crippen molar-refractivity contribution in [1.82, 2.24) is 5.48 Å². The molecule has 0 aliphatic carbocycles. The summed E-state index contributed by atoms with van der Waals surface area (Å²) in [5, 5.41) is 69.0. The molecular weight excluding hydrogens is 660 g/mol. The number of nitrogens with zero attached hydrogens (tertiary/aromatic N) is 6. The third-order valence-corrected chi connectivity index (χ3v) is 6.37. The molecule has 24 nitrogen and oxygen atoms in total. The first-order chi connectivity index (χ1) is 23.6. The zero-order valence-electron chi connectivity index (χ0n) is 27.4. The topological polar surface area (TPSA) is 393 Å². The largest absolute Gasteiger partial charge is 0.409 e. The Morgan fingerprint density at radius 1 is 0.510 bits per heavy atom. The molecule has 284 valence electrons. The Labute approximate surface area is 282 Å². The lowest BCUT2D eigenvalue weighted by molar-refractivity contribution is -0.194. The molecule has 4 atom stereocenters. The summed E-state index contributed by atoms with van der Waals surface area (Å²) < 4.78 is 36.3. The number of amidine groups is 6. The molecule has 0 fully saturated rings. The summed E-state index contributed by atoms with van der Waals surface area (Å²) in [4.78, 5) is 3.88. The van der Waals surface area contributed by atoms with Gasteiger partial charge in [-0.15, -0.1) is 0 Å². The van der Waals surface area contributed by atoms with Crippen molar-refractivity contribution in [3.8, 4) is 0 Å². The van der Waals surface area contributed by atoms with E-state index in [0.29, 0.717) is 0 Å². The smallest absolute Gasteiger partial charge is 0.141 e. The molecule has 24 heteroatoms. The van der Waals surface area contributed by atoms with E-state index in [4.69, 9.17) is 83.1 Å². The highest BCUT2D eigenvalue weighted by Crippen LogP contribution is 2.21. The summed E-state index contributed by atoms with van der Waals surface area (Å²) >= 11 is 0. The first-order valence-corrected chi connectivity index (χ1v) is 14.9. The van der Waals surface area contributed by atoms with Crippen molar-refractivity contribution in [3.63, 3.8) is 0 Å². The van der Waals surface area contributed by atoms with Crippen LogP contribution in [0.25, 0.3) is 0 Å². The highest BCUT2D eigenvalue weighted by molar-refractivity contribution is 5.81. The van der Waals surface area contributed by atoms with Gasteiger partial charge in [-0.1, -0.05) is 25.8 Å². The molecule has 0 aromatic heterocycles. The predicted molar refractivity (Wildman–Crippen MR) is 174 cm³/mol. The summed E-state index contributed by atoms with van der Waals surface area (Å²) in [6.07, 6.45) is -3.93. The number of aliphatic imine (C=N–C) groups is 1. The van der Waals surface area contributed by atoms with E-state index in [1.165, 1.54) is 7.05 Å². The molecule has 0 bridgehead atoms. The maximum Gasteiger partial charge on any atom is 0.141 e. The van der Waals surface area contributed by atoms with Crippen LogP contribution < -0.4 is 34.1 Å². The van der Waals surface area contributed by atoms with Crippen molar-refractivity contribution in [1.29, 1.82) is 0 Å². The zero-order valence-corrected chi connectivity index (χ0v) is 27.4. The number of nitrogens with two attached hydrogens (primary N) is 5. The van der Waals surface area contributed by atoms with Crippen molar-refractivity contribution < 1.29 is 59.7 Å². The summed E-state index contributed by atoms with van der Waals surface area (Å²) in [6.45, 7) is -0.642. The van der Waals surface area contributed by atoms with E-state index >= 15 is 0 Å². The van der Waals surface area contributed by atoms with Gasteiger partial charge in [0.25, 0.3) is 0 Å². The van der Waals surface area contributed by atoms with Gasteiger partial charge < -0.3 is 83.1 Å². The number of hydroxylamine groups is 1. The fraction of sp³-hybridized carbons (Fsp3) is 0.760. The average Bonchev–Trinajstić information content (AvgIpc) is 3.11. The summed E-state index contributed by atoms with van der Waals surface area (Å²) in [6, 6.07) is 0. The minimum Gasteiger partial charge on any atom is -0.409 e. The monoisotopic (exact) mass is 712 g/mol. The molecule has 0 spiro atoms. The summed E-state index contributed by atoms with van der Waals surface area (Å²) in [5.41, 5.74) is 30.1. The molecule has 0 radical (unpaired) electrons. The van der Waals surface area contributed by atoms with E-state index in [0.717, 1.165) is 0 Å². The number of hydrogen-bond donors (Lipinski definition) is 12. The minimum absolute atomic E-state index is 0.00483. The molecule has 0 aromatic rings. The van der Waals surface area contributed by atoms with Crippen LogP contribution in [-0.2, 0) is 28.4 Å². The zero-order chi connectivity index (χ0) is 36.9.